The summed E-state index contributed by atoms with van der Waals surface area (Å²) in [7, 11) is 0. The fraction of sp³-hybridized carbons (Fsp3) is 0.571. The van der Waals surface area contributed by atoms with Crippen molar-refractivity contribution in [2.45, 2.75) is 39.0 Å². The van der Waals surface area contributed by atoms with E-state index in [0.29, 0.717) is 12.1 Å². The van der Waals surface area contributed by atoms with Gasteiger partial charge in [-0.2, -0.15) is 0 Å². The lowest BCUT2D eigenvalue weighted by Crippen LogP contribution is -2.39. The molecule has 1 aromatic carbocycles. The topological polar surface area (TPSA) is 12.5 Å². The number of benzene rings is 1. The molecule has 2 heteroatoms. The van der Waals surface area contributed by atoms with Crippen LogP contribution in [0.25, 0.3) is 0 Å². The Labute approximate surface area is 98.2 Å². The Kier molecular flexibility index (Phi) is 3.97. The molecule has 0 bridgehead atoms. The van der Waals surface area contributed by atoms with Gasteiger partial charge in [0.05, 0.1) is 6.10 Å². The predicted octanol–water partition coefficient (Wildman–Crippen LogP) is 2.69. The summed E-state index contributed by atoms with van der Waals surface area (Å²) >= 11 is 0. The molecule has 2 atom stereocenters. The highest BCUT2D eigenvalue weighted by Gasteiger charge is 2.28. The van der Waals surface area contributed by atoms with Gasteiger partial charge in [0.1, 0.15) is 0 Å². The Hall–Kier alpha value is -0.860. The van der Waals surface area contributed by atoms with Crippen molar-refractivity contribution in [3.8, 4) is 0 Å². The highest BCUT2D eigenvalue weighted by molar-refractivity contribution is 5.14. The third-order valence-corrected chi connectivity index (χ3v) is 3.44. The fourth-order valence-electron chi connectivity index (χ4n) is 2.48. The molecular weight excluding hydrogens is 198 g/mol. The van der Waals surface area contributed by atoms with Crippen molar-refractivity contribution in [2.24, 2.45) is 0 Å². The van der Waals surface area contributed by atoms with Crippen LogP contribution in [-0.4, -0.2) is 30.2 Å². The zero-order valence-corrected chi connectivity index (χ0v) is 10.2. The van der Waals surface area contributed by atoms with Gasteiger partial charge in [0.15, 0.2) is 0 Å². The van der Waals surface area contributed by atoms with E-state index in [9.17, 15) is 0 Å². The number of likely N-dealkylation sites (N-methyl/N-ethyl adjacent to an activating group) is 1. The Morgan fingerprint density at radius 2 is 2.06 bits per heavy atom. The molecule has 2 unspecified atom stereocenters. The van der Waals surface area contributed by atoms with Gasteiger partial charge >= 0.3 is 0 Å². The van der Waals surface area contributed by atoms with Gasteiger partial charge in [-0.15, -0.1) is 0 Å². The molecule has 0 amide bonds. The van der Waals surface area contributed by atoms with E-state index >= 15 is 0 Å². The number of rotatable bonds is 4. The first-order valence-corrected chi connectivity index (χ1v) is 6.21. The molecule has 1 fully saturated rings. The van der Waals surface area contributed by atoms with Gasteiger partial charge in [-0.3, -0.25) is 4.90 Å². The van der Waals surface area contributed by atoms with Crippen LogP contribution in [0.15, 0.2) is 30.3 Å². The summed E-state index contributed by atoms with van der Waals surface area (Å²) in [6.45, 7) is 7.46. The minimum absolute atomic E-state index is 0.378. The van der Waals surface area contributed by atoms with Crippen molar-refractivity contribution in [1.29, 1.82) is 0 Å². The van der Waals surface area contributed by atoms with Crippen molar-refractivity contribution in [2.75, 3.05) is 13.2 Å². The molecule has 1 aliphatic heterocycles. The summed E-state index contributed by atoms with van der Waals surface area (Å²) < 4.78 is 5.64. The van der Waals surface area contributed by atoms with Crippen molar-refractivity contribution in [1.82, 2.24) is 4.90 Å². The fourth-order valence-corrected chi connectivity index (χ4v) is 2.48. The third kappa shape index (κ3) is 2.63. The Bertz CT molecular complexity index is 312. The maximum atomic E-state index is 5.64. The van der Waals surface area contributed by atoms with E-state index in [0.717, 1.165) is 19.7 Å². The van der Waals surface area contributed by atoms with Crippen LogP contribution >= 0.6 is 0 Å². The van der Waals surface area contributed by atoms with E-state index in [1.165, 1.54) is 12.0 Å². The number of ether oxygens (including phenoxy) is 1. The van der Waals surface area contributed by atoms with Crippen molar-refractivity contribution < 1.29 is 4.74 Å². The zero-order chi connectivity index (χ0) is 11.4. The molecule has 0 aliphatic carbocycles. The molecule has 0 aromatic heterocycles. The molecular formula is C14H21NO. The van der Waals surface area contributed by atoms with E-state index in [-0.39, 0.29) is 0 Å². The van der Waals surface area contributed by atoms with Crippen LogP contribution in [0, 0.1) is 0 Å². The lowest BCUT2D eigenvalue weighted by Gasteiger charge is -2.29. The average Bonchev–Trinajstić information content (AvgIpc) is 2.74. The second kappa shape index (κ2) is 5.46. The van der Waals surface area contributed by atoms with Gasteiger partial charge < -0.3 is 4.74 Å². The van der Waals surface area contributed by atoms with E-state index in [2.05, 4.69) is 49.1 Å². The average molecular weight is 219 g/mol. The number of hydrogen-bond donors (Lipinski definition) is 0. The maximum Gasteiger partial charge on any atom is 0.0703 e. The van der Waals surface area contributed by atoms with Gasteiger partial charge in [-0.25, -0.2) is 0 Å². The van der Waals surface area contributed by atoms with Crippen LogP contribution in [0.5, 0.6) is 0 Å². The van der Waals surface area contributed by atoms with Gasteiger partial charge in [0.25, 0.3) is 0 Å². The molecule has 1 aromatic rings. The molecule has 0 spiro atoms. The first-order valence-electron chi connectivity index (χ1n) is 6.21. The molecule has 0 radical (unpaired) electrons. The van der Waals surface area contributed by atoms with Gasteiger partial charge in [0.2, 0.25) is 0 Å². The van der Waals surface area contributed by atoms with E-state index in [4.69, 9.17) is 4.74 Å². The molecule has 1 heterocycles. The summed E-state index contributed by atoms with van der Waals surface area (Å²) in [5.74, 6) is 0. The van der Waals surface area contributed by atoms with Crippen LogP contribution in [0.3, 0.4) is 0 Å². The van der Waals surface area contributed by atoms with Gasteiger partial charge in [0, 0.05) is 19.2 Å². The van der Waals surface area contributed by atoms with Crippen LogP contribution in [0.4, 0.5) is 0 Å². The number of nitrogens with zero attached hydrogens (tertiary/aromatic N) is 1. The molecule has 2 nitrogen and oxygen atoms in total. The molecule has 16 heavy (non-hydrogen) atoms. The Morgan fingerprint density at radius 1 is 1.31 bits per heavy atom. The van der Waals surface area contributed by atoms with Crippen molar-refractivity contribution in [3.05, 3.63) is 35.9 Å². The quantitative estimate of drug-likeness (QED) is 0.772. The summed E-state index contributed by atoms with van der Waals surface area (Å²) in [4.78, 5) is 2.52. The minimum Gasteiger partial charge on any atom is -0.377 e. The third-order valence-electron chi connectivity index (χ3n) is 3.44. The zero-order valence-electron chi connectivity index (χ0n) is 10.2. The molecule has 1 saturated heterocycles. The Balaban J connectivity index is 2.00. The molecule has 0 saturated carbocycles. The van der Waals surface area contributed by atoms with Gasteiger partial charge in [-0.1, -0.05) is 37.3 Å². The number of hydrogen-bond acceptors (Lipinski definition) is 2. The van der Waals surface area contributed by atoms with Gasteiger partial charge in [-0.05, 0) is 25.5 Å². The van der Waals surface area contributed by atoms with Crippen LogP contribution < -0.4 is 0 Å². The monoisotopic (exact) mass is 219 g/mol. The molecule has 88 valence electrons. The maximum absolute atomic E-state index is 5.64. The van der Waals surface area contributed by atoms with Crippen molar-refractivity contribution in [3.63, 3.8) is 0 Å². The second-order valence-electron chi connectivity index (χ2n) is 4.48. The summed E-state index contributed by atoms with van der Waals surface area (Å²) in [6.07, 6.45) is 1.55. The summed E-state index contributed by atoms with van der Waals surface area (Å²) in [5, 5.41) is 0. The molecule has 1 aliphatic rings. The van der Waals surface area contributed by atoms with Crippen LogP contribution in [0.1, 0.15) is 25.8 Å². The lowest BCUT2D eigenvalue weighted by atomic mass is 10.1. The predicted molar refractivity (Wildman–Crippen MR) is 66.3 cm³/mol. The second-order valence-corrected chi connectivity index (χ2v) is 4.48. The van der Waals surface area contributed by atoms with Crippen molar-refractivity contribution >= 4 is 0 Å². The summed E-state index contributed by atoms with van der Waals surface area (Å²) in [6, 6.07) is 11.3. The smallest absolute Gasteiger partial charge is 0.0703 e. The largest absolute Gasteiger partial charge is 0.377 e. The van der Waals surface area contributed by atoms with Crippen LogP contribution in [0.2, 0.25) is 0 Å². The Morgan fingerprint density at radius 3 is 2.62 bits per heavy atom. The highest BCUT2D eigenvalue weighted by Crippen LogP contribution is 2.21. The van der Waals surface area contributed by atoms with Crippen LogP contribution in [-0.2, 0) is 11.3 Å². The molecule has 0 N–H and O–H groups in total. The summed E-state index contributed by atoms with van der Waals surface area (Å²) in [5.41, 5.74) is 1.39. The van der Waals surface area contributed by atoms with E-state index < -0.39 is 0 Å². The first-order chi connectivity index (χ1) is 7.81. The van der Waals surface area contributed by atoms with E-state index in [1.54, 1.807) is 0 Å². The standard InChI is InChI=1S/C14H21NO/c1-3-15(14-9-10-16-12(14)2)11-13-7-5-4-6-8-13/h4-8,12,14H,3,9-11H2,1-2H3. The van der Waals surface area contributed by atoms with E-state index in [1.807, 2.05) is 0 Å². The first kappa shape index (κ1) is 11.6. The normalized spacial score (nSPS) is 25.2. The lowest BCUT2D eigenvalue weighted by molar-refractivity contribution is 0.0730. The molecule has 2 rings (SSSR count). The highest BCUT2D eigenvalue weighted by atomic mass is 16.5. The minimum atomic E-state index is 0.378. The SMILES string of the molecule is CCN(Cc1ccccc1)C1CCOC1C.